The van der Waals surface area contributed by atoms with Crippen LogP contribution in [0.25, 0.3) is 0 Å². The Balaban J connectivity index is 1.61. The highest BCUT2D eigenvalue weighted by molar-refractivity contribution is 8.13. The van der Waals surface area contributed by atoms with Gasteiger partial charge in [-0.3, -0.25) is 28.8 Å². The molecule has 230 valence electrons. The van der Waals surface area contributed by atoms with Gasteiger partial charge in [-0.2, -0.15) is 0 Å². The smallest absolute Gasteiger partial charge is 0.303 e. The molecule has 1 saturated heterocycles. The first-order chi connectivity index (χ1) is 20.5. The van der Waals surface area contributed by atoms with Crippen LogP contribution >= 0.6 is 11.8 Å². The first-order valence-electron chi connectivity index (χ1n) is 14.2. The summed E-state index contributed by atoms with van der Waals surface area (Å²) in [7, 11) is 0. The number of thioether (sulfide) groups is 1. The van der Waals surface area contributed by atoms with E-state index in [0.717, 1.165) is 22.9 Å². The summed E-state index contributed by atoms with van der Waals surface area (Å²) in [6.45, 7) is 3.24. The molecular formula is C31H38N4O7S. The van der Waals surface area contributed by atoms with E-state index >= 15 is 0 Å². The zero-order valence-corrected chi connectivity index (χ0v) is 25.1. The number of nitrogens with one attached hydrogen (secondary N) is 3. The summed E-state index contributed by atoms with van der Waals surface area (Å²) >= 11 is 1.13. The number of aliphatic carboxylic acids is 1. The Bertz CT molecular complexity index is 1290. The highest BCUT2D eigenvalue weighted by Gasteiger charge is 2.38. The molecule has 1 aliphatic heterocycles. The minimum Gasteiger partial charge on any atom is -0.481 e. The summed E-state index contributed by atoms with van der Waals surface area (Å²) in [6, 6.07) is 15.4. The van der Waals surface area contributed by atoms with Crippen molar-refractivity contribution in [3.63, 3.8) is 0 Å². The summed E-state index contributed by atoms with van der Waals surface area (Å²) in [5.41, 5.74) is 1.88. The van der Waals surface area contributed by atoms with Crippen molar-refractivity contribution >= 4 is 46.5 Å². The van der Waals surface area contributed by atoms with Crippen molar-refractivity contribution in [2.24, 2.45) is 0 Å². The topological polar surface area (TPSA) is 162 Å². The van der Waals surface area contributed by atoms with Crippen molar-refractivity contribution in [3.05, 3.63) is 71.8 Å². The van der Waals surface area contributed by atoms with Crippen LogP contribution in [0, 0.1) is 0 Å². The Labute approximate surface area is 255 Å². The second-order valence-electron chi connectivity index (χ2n) is 10.4. The lowest BCUT2D eigenvalue weighted by molar-refractivity contribution is -0.141. The van der Waals surface area contributed by atoms with Crippen LogP contribution in [0.1, 0.15) is 50.7 Å². The van der Waals surface area contributed by atoms with Crippen molar-refractivity contribution < 1.29 is 33.9 Å². The fraction of sp³-hybridized carbons (Fsp3) is 0.419. The monoisotopic (exact) mass is 610 g/mol. The molecule has 0 radical (unpaired) electrons. The van der Waals surface area contributed by atoms with E-state index in [4.69, 9.17) is 5.11 Å². The van der Waals surface area contributed by atoms with E-state index < -0.39 is 53.8 Å². The van der Waals surface area contributed by atoms with Crippen molar-refractivity contribution in [3.8, 4) is 0 Å². The van der Waals surface area contributed by atoms with Gasteiger partial charge >= 0.3 is 5.97 Å². The second kappa shape index (κ2) is 16.4. The molecule has 4 N–H and O–H groups in total. The molecule has 0 aromatic heterocycles. The molecule has 1 fully saturated rings. The van der Waals surface area contributed by atoms with Crippen LogP contribution in [0.4, 0.5) is 0 Å². The average molecular weight is 611 g/mol. The molecule has 3 rings (SSSR count). The second-order valence-corrected chi connectivity index (χ2v) is 11.4. The van der Waals surface area contributed by atoms with Crippen LogP contribution in [0.3, 0.4) is 0 Å². The lowest BCUT2D eigenvalue weighted by Crippen LogP contribution is -2.56. The van der Waals surface area contributed by atoms with E-state index in [2.05, 4.69) is 16.0 Å². The number of carbonyl (C=O) groups excluding carboxylic acids is 5. The summed E-state index contributed by atoms with van der Waals surface area (Å²) in [6.07, 6.45) is 0.663. The van der Waals surface area contributed by atoms with E-state index in [-0.39, 0.29) is 18.0 Å². The zero-order chi connectivity index (χ0) is 31.4. The van der Waals surface area contributed by atoms with Gasteiger partial charge in [0.2, 0.25) is 28.7 Å². The molecule has 0 spiro atoms. The van der Waals surface area contributed by atoms with Crippen LogP contribution < -0.4 is 16.0 Å². The van der Waals surface area contributed by atoms with Crippen LogP contribution in [-0.2, 0) is 40.9 Å². The molecule has 1 heterocycles. The van der Waals surface area contributed by atoms with Gasteiger partial charge < -0.3 is 26.0 Å². The van der Waals surface area contributed by atoms with Crippen molar-refractivity contribution in [1.29, 1.82) is 0 Å². The minimum absolute atomic E-state index is 0.183. The van der Waals surface area contributed by atoms with Gasteiger partial charge in [0.15, 0.2) is 0 Å². The number of nitrogens with zero attached hydrogens (tertiary/aromatic N) is 1. The van der Waals surface area contributed by atoms with Gasteiger partial charge in [0, 0.05) is 25.1 Å². The maximum absolute atomic E-state index is 13.5. The number of hydrogen-bond donors (Lipinski definition) is 4. The summed E-state index contributed by atoms with van der Waals surface area (Å²) in [5, 5.41) is 16.4. The third-order valence-electron chi connectivity index (χ3n) is 7.01. The molecule has 0 aliphatic carbocycles. The molecule has 1 aliphatic rings. The Morgan fingerprint density at radius 1 is 0.860 bits per heavy atom. The Hall–Kier alpha value is -4.19. The molecule has 0 saturated carbocycles. The highest BCUT2D eigenvalue weighted by Crippen LogP contribution is 2.21. The van der Waals surface area contributed by atoms with Gasteiger partial charge in [0.1, 0.15) is 24.2 Å². The van der Waals surface area contributed by atoms with Crippen LogP contribution in [-0.4, -0.2) is 75.4 Å². The van der Waals surface area contributed by atoms with Crippen LogP contribution in [0.5, 0.6) is 0 Å². The molecule has 2 aromatic carbocycles. The van der Waals surface area contributed by atoms with Gasteiger partial charge in [-0.05, 0) is 37.8 Å². The largest absolute Gasteiger partial charge is 0.481 e. The molecule has 0 unspecified atom stereocenters. The van der Waals surface area contributed by atoms with Crippen LogP contribution in [0.2, 0.25) is 0 Å². The van der Waals surface area contributed by atoms with Crippen LogP contribution in [0.15, 0.2) is 60.7 Å². The molecule has 0 bridgehead atoms. The van der Waals surface area contributed by atoms with E-state index in [1.54, 1.807) is 0 Å². The van der Waals surface area contributed by atoms with Gasteiger partial charge in [0.25, 0.3) is 0 Å². The fourth-order valence-electron chi connectivity index (χ4n) is 4.69. The van der Waals surface area contributed by atoms with E-state index in [1.165, 1.54) is 18.7 Å². The van der Waals surface area contributed by atoms with Gasteiger partial charge in [0.05, 0.1) is 6.42 Å². The first-order valence-corrected chi connectivity index (χ1v) is 15.2. The molecular weight excluding hydrogens is 572 g/mol. The van der Waals surface area contributed by atoms with Crippen molar-refractivity contribution in [2.75, 3.05) is 6.54 Å². The number of hydrogen-bond acceptors (Lipinski definition) is 7. The standard InChI is InChI=1S/C31H38N4O7S/c1-20(32-26(36)15-16-27(37)38)28(39)33-21(2)30(41)35-17-9-14-25(35)29(40)34-24(18-22-10-5-3-6-11-22)31(42)43-19-23-12-7-4-8-13-23/h3-8,10-13,20-21,24-25H,9,14-19H2,1-2H3,(H,32,36)(H,33,39)(H,34,40)(H,37,38)/t20-,21+,24-,25-/m0/s1. The predicted molar refractivity (Wildman–Crippen MR) is 162 cm³/mol. The lowest BCUT2D eigenvalue weighted by Gasteiger charge is -2.29. The number of benzene rings is 2. The van der Waals surface area contributed by atoms with Crippen molar-refractivity contribution in [1.82, 2.24) is 20.9 Å². The number of likely N-dealkylation sites (tertiary alicyclic amines) is 1. The number of carboxylic acids is 1. The number of amides is 4. The Kier molecular flexibility index (Phi) is 12.7. The Morgan fingerprint density at radius 3 is 2.12 bits per heavy atom. The quantitative estimate of drug-likeness (QED) is 0.253. The fourth-order valence-corrected chi connectivity index (χ4v) is 5.54. The molecule has 4 amide bonds. The molecule has 2 aromatic rings. The minimum atomic E-state index is -1.13. The molecule has 4 atom stereocenters. The summed E-state index contributed by atoms with van der Waals surface area (Å²) in [4.78, 5) is 76.6. The Morgan fingerprint density at radius 2 is 1.49 bits per heavy atom. The zero-order valence-electron chi connectivity index (χ0n) is 24.3. The van der Waals surface area contributed by atoms with Gasteiger partial charge in [-0.25, -0.2) is 0 Å². The van der Waals surface area contributed by atoms with Gasteiger partial charge in [-0.15, -0.1) is 0 Å². The molecule has 12 heteroatoms. The molecule has 43 heavy (non-hydrogen) atoms. The van der Waals surface area contributed by atoms with E-state index in [0.29, 0.717) is 31.6 Å². The number of rotatable bonds is 14. The summed E-state index contributed by atoms with van der Waals surface area (Å²) < 4.78 is 0. The van der Waals surface area contributed by atoms with E-state index in [1.807, 2.05) is 60.7 Å². The highest BCUT2D eigenvalue weighted by atomic mass is 32.2. The predicted octanol–water partition coefficient (Wildman–Crippen LogP) is 2.04. The van der Waals surface area contributed by atoms with Crippen molar-refractivity contribution in [2.45, 2.75) is 75.9 Å². The lowest BCUT2D eigenvalue weighted by atomic mass is 10.1. The normalized spacial score (nSPS) is 16.4. The average Bonchev–Trinajstić information content (AvgIpc) is 3.49. The van der Waals surface area contributed by atoms with Gasteiger partial charge in [-0.1, -0.05) is 72.4 Å². The van der Waals surface area contributed by atoms with E-state index in [9.17, 15) is 28.8 Å². The number of carboxylic acid groups (broad SMARTS) is 1. The maximum atomic E-state index is 13.5. The maximum Gasteiger partial charge on any atom is 0.303 e. The summed E-state index contributed by atoms with van der Waals surface area (Å²) in [5.74, 6) is -2.77. The SMILES string of the molecule is C[C@H](NC(=O)CCC(=O)O)C(=O)N[C@H](C)C(=O)N1CCC[C@H]1C(=O)N[C@@H](Cc1ccccc1)C(=O)SCc1ccccc1. The first kappa shape index (κ1) is 33.3. The third-order valence-corrected chi connectivity index (χ3v) is 8.06. The third kappa shape index (κ3) is 10.5. The molecule has 11 nitrogen and oxygen atoms in total. The number of carbonyl (C=O) groups is 6.